The summed E-state index contributed by atoms with van der Waals surface area (Å²) in [6.45, 7) is 10.9. The lowest BCUT2D eigenvalue weighted by Crippen LogP contribution is -2.01. The molecule has 0 amide bonds. The number of aromatic nitrogens is 2. The van der Waals surface area contributed by atoms with Gasteiger partial charge in [0, 0.05) is 18.1 Å². The zero-order valence-electron chi connectivity index (χ0n) is 11.7. The molecule has 0 aliphatic rings. The van der Waals surface area contributed by atoms with Crippen molar-refractivity contribution in [3.05, 3.63) is 35.2 Å². The number of hydrogen-bond donors (Lipinski definition) is 0. The predicted molar refractivity (Wildman–Crippen MR) is 74.8 cm³/mol. The molecular weight excluding hydrogens is 208 g/mol. The van der Waals surface area contributed by atoms with Crippen LogP contribution in [0.5, 0.6) is 0 Å². The molecule has 0 aliphatic carbocycles. The monoisotopic (exact) mass is 232 g/mol. The number of allylic oxidation sites excluding steroid dienone is 3. The van der Waals surface area contributed by atoms with E-state index in [0.29, 0.717) is 5.92 Å². The molecule has 0 aliphatic heterocycles. The highest BCUT2D eigenvalue weighted by molar-refractivity contribution is 5.40. The second kappa shape index (κ2) is 6.43. The highest BCUT2D eigenvalue weighted by Gasteiger charge is 2.03. The van der Waals surface area contributed by atoms with Gasteiger partial charge >= 0.3 is 0 Å². The standard InChI is InChI=1S/C15H24N2/c1-6-7-15-8-9-16-17(15)11-14(13(4)5)10-12(2)3/h8-11,13H,6-7H2,1-5H3/b14-11+. The van der Waals surface area contributed by atoms with E-state index in [4.69, 9.17) is 0 Å². The van der Waals surface area contributed by atoms with Crippen LogP contribution in [0.3, 0.4) is 0 Å². The van der Waals surface area contributed by atoms with Crippen LogP contribution in [0.15, 0.2) is 29.5 Å². The Balaban J connectivity index is 3.04. The Morgan fingerprint density at radius 2 is 2.12 bits per heavy atom. The second-order valence-corrected chi connectivity index (χ2v) is 5.02. The van der Waals surface area contributed by atoms with E-state index >= 15 is 0 Å². The van der Waals surface area contributed by atoms with Crippen molar-refractivity contribution in [1.82, 2.24) is 9.78 Å². The van der Waals surface area contributed by atoms with Gasteiger partial charge in [0.05, 0.1) is 0 Å². The van der Waals surface area contributed by atoms with Crippen LogP contribution < -0.4 is 0 Å². The van der Waals surface area contributed by atoms with Gasteiger partial charge in [-0.05, 0) is 37.8 Å². The van der Waals surface area contributed by atoms with Crippen molar-refractivity contribution in [2.24, 2.45) is 5.92 Å². The van der Waals surface area contributed by atoms with Crippen LogP contribution in [0.4, 0.5) is 0 Å². The molecule has 1 aromatic rings. The molecule has 0 fully saturated rings. The third-order valence-corrected chi connectivity index (χ3v) is 2.65. The topological polar surface area (TPSA) is 17.8 Å². The molecule has 0 unspecified atom stereocenters. The Morgan fingerprint density at radius 1 is 1.41 bits per heavy atom. The van der Waals surface area contributed by atoms with Crippen LogP contribution in [0.25, 0.3) is 6.20 Å². The molecule has 0 aromatic carbocycles. The van der Waals surface area contributed by atoms with Gasteiger partial charge in [-0.15, -0.1) is 0 Å². The number of nitrogens with zero attached hydrogens (tertiary/aromatic N) is 2. The molecule has 0 bridgehead atoms. The Morgan fingerprint density at radius 3 is 2.65 bits per heavy atom. The quantitative estimate of drug-likeness (QED) is 0.692. The Bertz CT molecular complexity index is 404. The largest absolute Gasteiger partial charge is 0.245 e. The molecular formula is C15H24N2. The fourth-order valence-corrected chi connectivity index (χ4v) is 1.74. The molecule has 1 aromatic heterocycles. The van der Waals surface area contributed by atoms with Crippen LogP contribution in [0.1, 0.15) is 46.7 Å². The minimum Gasteiger partial charge on any atom is -0.245 e. The molecule has 2 heteroatoms. The number of rotatable bonds is 5. The Hall–Kier alpha value is -1.31. The molecule has 94 valence electrons. The van der Waals surface area contributed by atoms with Crippen LogP contribution in [-0.2, 0) is 6.42 Å². The summed E-state index contributed by atoms with van der Waals surface area (Å²) < 4.78 is 2.01. The van der Waals surface area contributed by atoms with E-state index in [1.165, 1.54) is 16.8 Å². The highest BCUT2D eigenvalue weighted by atomic mass is 15.3. The lowest BCUT2D eigenvalue weighted by atomic mass is 10.0. The highest BCUT2D eigenvalue weighted by Crippen LogP contribution is 2.16. The first-order chi connectivity index (χ1) is 8.04. The van der Waals surface area contributed by atoms with Crippen molar-refractivity contribution in [2.75, 3.05) is 0 Å². The zero-order chi connectivity index (χ0) is 12.8. The summed E-state index contributed by atoms with van der Waals surface area (Å²) in [5, 5.41) is 4.38. The van der Waals surface area contributed by atoms with E-state index in [9.17, 15) is 0 Å². The van der Waals surface area contributed by atoms with Gasteiger partial charge in [0.2, 0.25) is 0 Å². The van der Waals surface area contributed by atoms with Gasteiger partial charge in [-0.3, -0.25) is 0 Å². The fraction of sp³-hybridized carbons (Fsp3) is 0.533. The van der Waals surface area contributed by atoms with Crippen molar-refractivity contribution in [2.45, 2.75) is 47.5 Å². The normalized spacial score (nSPS) is 12.0. The first-order valence-electron chi connectivity index (χ1n) is 6.43. The molecule has 17 heavy (non-hydrogen) atoms. The van der Waals surface area contributed by atoms with Gasteiger partial charge in [-0.2, -0.15) is 5.10 Å². The van der Waals surface area contributed by atoms with E-state index in [0.717, 1.165) is 12.8 Å². The third kappa shape index (κ3) is 4.22. The maximum Gasteiger partial charge on any atom is 0.0496 e. The van der Waals surface area contributed by atoms with Crippen molar-refractivity contribution < 1.29 is 0 Å². The fourth-order valence-electron chi connectivity index (χ4n) is 1.74. The molecule has 0 radical (unpaired) electrons. The van der Waals surface area contributed by atoms with E-state index < -0.39 is 0 Å². The number of hydrogen-bond acceptors (Lipinski definition) is 1. The average molecular weight is 232 g/mol. The summed E-state index contributed by atoms with van der Waals surface area (Å²) in [5.74, 6) is 0.517. The lowest BCUT2D eigenvalue weighted by Gasteiger charge is -2.09. The summed E-state index contributed by atoms with van der Waals surface area (Å²) in [5.41, 5.74) is 3.94. The zero-order valence-corrected chi connectivity index (χ0v) is 11.7. The summed E-state index contributed by atoms with van der Waals surface area (Å²) >= 11 is 0. The van der Waals surface area contributed by atoms with E-state index in [1.54, 1.807) is 0 Å². The molecule has 0 spiro atoms. The lowest BCUT2D eigenvalue weighted by molar-refractivity contribution is 0.764. The first-order valence-corrected chi connectivity index (χ1v) is 6.43. The van der Waals surface area contributed by atoms with Gasteiger partial charge in [0.1, 0.15) is 0 Å². The number of aryl methyl sites for hydroxylation is 1. The van der Waals surface area contributed by atoms with Crippen molar-refractivity contribution in [1.29, 1.82) is 0 Å². The molecule has 1 rings (SSSR count). The summed E-state index contributed by atoms with van der Waals surface area (Å²) in [6.07, 6.45) is 8.50. The molecule has 0 saturated heterocycles. The van der Waals surface area contributed by atoms with Gasteiger partial charge in [-0.1, -0.05) is 38.8 Å². The predicted octanol–water partition coefficient (Wildman–Crippen LogP) is 4.30. The van der Waals surface area contributed by atoms with Gasteiger partial charge in [0.15, 0.2) is 0 Å². The second-order valence-electron chi connectivity index (χ2n) is 5.02. The summed E-state index contributed by atoms with van der Waals surface area (Å²) in [4.78, 5) is 0. The van der Waals surface area contributed by atoms with Crippen molar-refractivity contribution in [3.8, 4) is 0 Å². The minimum absolute atomic E-state index is 0.517. The van der Waals surface area contributed by atoms with Crippen LogP contribution in [0, 0.1) is 5.92 Å². The smallest absolute Gasteiger partial charge is 0.0496 e. The van der Waals surface area contributed by atoms with Gasteiger partial charge < -0.3 is 0 Å². The van der Waals surface area contributed by atoms with E-state index in [1.807, 2.05) is 10.9 Å². The molecule has 1 heterocycles. The maximum atomic E-state index is 4.38. The van der Waals surface area contributed by atoms with E-state index in [-0.39, 0.29) is 0 Å². The summed E-state index contributed by atoms with van der Waals surface area (Å²) in [6, 6.07) is 2.10. The SMILES string of the molecule is CCCc1ccnn1/C=C(\C=C(C)C)C(C)C. The molecule has 0 N–H and O–H groups in total. The Labute approximate surface area is 105 Å². The van der Waals surface area contributed by atoms with Crippen LogP contribution in [0.2, 0.25) is 0 Å². The first kappa shape index (κ1) is 13.8. The summed E-state index contributed by atoms with van der Waals surface area (Å²) in [7, 11) is 0. The molecule has 0 atom stereocenters. The van der Waals surface area contributed by atoms with Crippen molar-refractivity contribution >= 4 is 6.20 Å². The third-order valence-electron chi connectivity index (χ3n) is 2.65. The minimum atomic E-state index is 0.517. The average Bonchev–Trinajstić information content (AvgIpc) is 2.64. The van der Waals surface area contributed by atoms with E-state index in [2.05, 4.69) is 58.1 Å². The van der Waals surface area contributed by atoms with Crippen LogP contribution >= 0.6 is 0 Å². The van der Waals surface area contributed by atoms with Gasteiger partial charge in [-0.25, -0.2) is 4.68 Å². The van der Waals surface area contributed by atoms with Crippen molar-refractivity contribution in [3.63, 3.8) is 0 Å². The van der Waals surface area contributed by atoms with Gasteiger partial charge in [0.25, 0.3) is 0 Å². The maximum absolute atomic E-state index is 4.38. The molecule has 0 saturated carbocycles. The Kier molecular flexibility index (Phi) is 5.20. The van der Waals surface area contributed by atoms with Crippen LogP contribution in [-0.4, -0.2) is 9.78 Å². The molecule has 2 nitrogen and oxygen atoms in total.